The lowest BCUT2D eigenvalue weighted by atomic mass is 10.1. The van der Waals surface area contributed by atoms with Crippen molar-refractivity contribution in [3.63, 3.8) is 0 Å². The molecule has 0 saturated heterocycles. The molecule has 0 amide bonds. The van der Waals surface area contributed by atoms with Crippen LogP contribution in [0.15, 0.2) is 142 Å². The molecule has 308 valence electrons. The van der Waals surface area contributed by atoms with E-state index in [1.54, 1.807) is 48.8 Å². The van der Waals surface area contributed by atoms with Gasteiger partial charge in [-0.25, -0.2) is 75.9 Å². The van der Waals surface area contributed by atoms with Crippen LogP contribution in [0.1, 0.15) is 27.8 Å². The van der Waals surface area contributed by atoms with E-state index in [-0.39, 0.29) is 32.2 Å². The maximum atomic E-state index is 13.9. The summed E-state index contributed by atoms with van der Waals surface area (Å²) in [6, 6.07) is 19.1. The first-order valence-electron chi connectivity index (χ1n) is 17.6. The van der Waals surface area contributed by atoms with E-state index in [9.17, 15) is 38.1 Å². The van der Waals surface area contributed by atoms with Crippen molar-refractivity contribution in [2.24, 2.45) is 0 Å². The van der Waals surface area contributed by atoms with Crippen LogP contribution >= 0.6 is 0 Å². The summed E-state index contributed by atoms with van der Waals surface area (Å²) in [6.45, 7) is 1.88. The molecule has 0 aliphatic carbocycles. The topological polar surface area (TPSA) is 224 Å². The average Bonchev–Trinajstić information content (AvgIpc) is 3.76. The standard InChI is InChI=1S/C20H18N4O4S2.C19H15FN4O4S2/c1-14-8-18-16(9-15-11-22-20(23-12-15)29(2,25)26)13-24(19(18)21-10-14)30(27,28)17-6-4-3-5-7-17;1-29(25,26)19-22-9-13(10-23-19)7-14-12-24(18-17(14)8-15(20)11-21-18)30(27,28)16-5-3-2-4-6-16/h3-8,10-13H,9H2,1-2H3;2-6,8-12H,7H2,1H3. The number of sulfone groups is 2. The second kappa shape index (κ2) is 16.0. The Hall–Kier alpha value is -6.29. The van der Waals surface area contributed by atoms with E-state index in [2.05, 4.69) is 29.9 Å². The third-order valence-corrected chi connectivity index (χ3v) is 14.0. The van der Waals surface area contributed by atoms with Crippen molar-refractivity contribution in [3.05, 3.63) is 156 Å². The van der Waals surface area contributed by atoms with Gasteiger partial charge in [0.15, 0.2) is 11.3 Å². The number of rotatable bonds is 10. The molecule has 8 aromatic rings. The van der Waals surface area contributed by atoms with Gasteiger partial charge in [-0.15, -0.1) is 0 Å². The monoisotopic (exact) mass is 888 g/mol. The average molecular weight is 889 g/mol. The first kappa shape index (κ1) is 41.9. The number of aromatic nitrogens is 8. The number of nitrogens with zero attached hydrogens (tertiary/aromatic N) is 8. The molecule has 6 heterocycles. The van der Waals surface area contributed by atoms with Crippen molar-refractivity contribution in [1.82, 2.24) is 37.8 Å². The van der Waals surface area contributed by atoms with Gasteiger partial charge in [-0.1, -0.05) is 36.4 Å². The first-order chi connectivity index (χ1) is 28.3. The van der Waals surface area contributed by atoms with Gasteiger partial charge in [0.2, 0.25) is 30.0 Å². The van der Waals surface area contributed by atoms with Gasteiger partial charge >= 0.3 is 0 Å². The predicted octanol–water partition coefficient (Wildman–Crippen LogP) is 4.56. The van der Waals surface area contributed by atoms with Crippen LogP contribution in [0.2, 0.25) is 0 Å². The van der Waals surface area contributed by atoms with Crippen LogP contribution in [0.25, 0.3) is 22.1 Å². The molecule has 0 N–H and O–H groups in total. The number of hydrogen-bond donors (Lipinski definition) is 0. The lowest BCUT2D eigenvalue weighted by Crippen LogP contribution is -2.12. The third-order valence-electron chi connectivity index (χ3n) is 8.91. The number of benzene rings is 2. The second-order valence-electron chi connectivity index (χ2n) is 13.6. The van der Waals surface area contributed by atoms with Gasteiger partial charge in [-0.05, 0) is 71.1 Å². The molecule has 0 fully saturated rings. The van der Waals surface area contributed by atoms with Gasteiger partial charge in [-0.3, -0.25) is 0 Å². The Morgan fingerprint density at radius 3 is 1.30 bits per heavy atom. The highest BCUT2D eigenvalue weighted by Gasteiger charge is 2.24. The Balaban J connectivity index is 0.000000181. The maximum Gasteiger partial charge on any atom is 0.269 e. The maximum absolute atomic E-state index is 13.9. The van der Waals surface area contributed by atoms with E-state index in [0.717, 1.165) is 33.8 Å². The molecule has 21 heteroatoms. The third kappa shape index (κ3) is 8.69. The molecule has 0 unspecified atom stereocenters. The fourth-order valence-corrected chi connectivity index (χ4v) is 9.83. The molecule has 0 spiro atoms. The fraction of sp³-hybridized carbons (Fsp3) is 0.128. The van der Waals surface area contributed by atoms with Crippen molar-refractivity contribution in [2.45, 2.75) is 39.9 Å². The normalized spacial score (nSPS) is 12.3. The Bertz CT molecular complexity index is 3120. The predicted molar refractivity (Wildman–Crippen MR) is 218 cm³/mol. The molecule has 0 bridgehead atoms. The van der Waals surface area contributed by atoms with Gasteiger partial charge in [-0.2, -0.15) is 0 Å². The molecular weight excluding hydrogens is 856 g/mol. The van der Waals surface area contributed by atoms with E-state index in [0.29, 0.717) is 39.5 Å². The number of fused-ring (bicyclic) bond motifs is 2. The quantitative estimate of drug-likeness (QED) is 0.172. The van der Waals surface area contributed by atoms with Crippen molar-refractivity contribution < 1.29 is 38.1 Å². The van der Waals surface area contributed by atoms with Crippen LogP contribution in [-0.2, 0) is 52.6 Å². The van der Waals surface area contributed by atoms with E-state index in [4.69, 9.17) is 0 Å². The molecule has 16 nitrogen and oxygen atoms in total. The molecule has 8 rings (SSSR count). The summed E-state index contributed by atoms with van der Waals surface area (Å²) in [5.74, 6) is -0.609. The highest BCUT2D eigenvalue weighted by Crippen LogP contribution is 2.29. The largest absolute Gasteiger partial charge is 0.269 e. The van der Waals surface area contributed by atoms with Gasteiger partial charge in [0.05, 0.1) is 16.0 Å². The highest BCUT2D eigenvalue weighted by atomic mass is 32.2. The number of aryl methyl sites for hydroxylation is 1. The molecule has 0 radical (unpaired) electrons. The number of halogens is 1. The summed E-state index contributed by atoms with van der Waals surface area (Å²) in [4.78, 5) is 24.0. The molecule has 0 saturated carbocycles. The molecule has 60 heavy (non-hydrogen) atoms. The minimum absolute atomic E-state index is 0.0698. The molecule has 0 aliphatic heterocycles. The van der Waals surface area contributed by atoms with Gasteiger partial charge in [0.1, 0.15) is 5.82 Å². The highest BCUT2D eigenvalue weighted by molar-refractivity contribution is 7.91. The van der Waals surface area contributed by atoms with E-state index >= 15 is 0 Å². The van der Waals surface area contributed by atoms with Gasteiger partial charge in [0, 0.05) is 79.5 Å². The van der Waals surface area contributed by atoms with Crippen molar-refractivity contribution in [3.8, 4) is 0 Å². The fourth-order valence-electron chi connectivity index (χ4n) is 6.11. The summed E-state index contributed by atoms with van der Waals surface area (Å²) >= 11 is 0. The zero-order valence-electron chi connectivity index (χ0n) is 31.8. The number of hydrogen-bond acceptors (Lipinski definition) is 14. The Morgan fingerprint density at radius 2 is 0.900 bits per heavy atom. The summed E-state index contributed by atoms with van der Waals surface area (Å²) in [5.41, 5.74) is 3.69. The number of pyridine rings is 2. The minimum Gasteiger partial charge on any atom is -0.237 e. The lowest BCUT2D eigenvalue weighted by molar-refractivity contribution is 0.586. The zero-order chi connectivity index (χ0) is 43.0. The Morgan fingerprint density at radius 1 is 0.517 bits per heavy atom. The van der Waals surface area contributed by atoms with E-state index < -0.39 is 45.5 Å². The van der Waals surface area contributed by atoms with E-state index in [1.165, 1.54) is 65.3 Å². The van der Waals surface area contributed by atoms with Crippen molar-refractivity contribution in [2.75, 3.05) is 12.5 Å². The first-order valence-corrected chi connectivity index (χ1v) is 24.2. The molecule has 0 aliphatic rings. The van der Waals surface area contributed by atoms with E-state index in [1.807, 2.05) is 13.0 Å². The van der Waals surface area contributed by atoms with Crippen LogP contribution in [0.5, 0.6) is 0 Å². The van der Waals surface area contributed by atoms with Crippen LogP contribution in [0.3, 0.4) is 0 Å². The zero-order valence-corrected chi connectivity index (χ0v) is 35.1. The summed E-state index contributed by atoms with van der Waals surface area (Å²) < 4.78 is 115. The minimum atomic E-state index is -3.95. The molecule has 0 atom stereocenters. The smallest absolute Gasteiger partial charge is 0.237 e. The Kier molecular flexibility index (Phi) is 11.2. The summed E-state index contributed by atoms with van der Waals surface area (Å²) in [5, 5.41) is 0.453. The molecular formula is C39H33FN8O8S4. The van der Waals surface area contributed by atoms with Gasteiger partial charge < -0.3 is 0 Å². The molecule has 6 aromatic heterocycles. The Labute approximate surface area is 344 Å². The SMILES string of the molecule is CS(=O)(=O)c1ncc(Cc2cn(S(=O)(=O)c3ccccc3)c3ncc(F)cc23)cn1.Cc1cnc2c(c1)c(Cc1cnc(S(C)(=O)=O)nc1)cn2S(=O)(=O)c1ccccc1. The van der Waals surface area contributed by atoms with Gasteiger partial charge in [0.25, 0.3) is 20.0 Å². The molecule has 2 aromatic carbocycles. The summed E-state index contributed by atoms with van der Waals surface area (Å²) in [6.07, 6.45) is 13.6. The van der Waals surface area contributed by atoms with Crippen LogP contribution in [0.4, 0.5) is 4.39 Å². The van der Waals surface area contributed by atoms with Crippen LogP contribution in [-0.4, -0.2) is 84.0 Å². The summed E-state index contributed by atoms with van der Waals surface area (Å²) in [7, 11) is -14.8. The van der Waals surface area contributed by atoms with Crippen LogP contribution < -0.4 is 0 Å². The van der Waals surface area contributed by atoms with Crippen LogP contribution in [0, 0.1) is 12.7 Å². The van der Waals surface area contributed by atoms with Crippen molar-refractivity contribution >= 4 is 61.8 Å². The second-order valence-corrected chi connectivity index (χ2v) is 21.0. The lowest BCUT2D eigenvalue weighted by Gasteiger charge is -2.06. The van der Waals surface area contributed by atoms with Crippen molar-refractivity contribution in [1.29, 1.82) is 0 Å².